The van der Waals surface area contributed by atoms with Gasteiger partial charge in [0.15, 0.2) is 5.78 Å². The largest absolute Gasteiger partial charge is 0.493 e. The van der Waals surface area contributed by atoms with Gasteiger partial charge in [-0.1, -0.05) is 59.8 Å². The maximum Gasteiger partial charge on any atom is 0.332 e. The van der Waals surface area contributed by atoms with Crippen LogP contribution in [0.4, 0.5) is 0 Å². The summed E-state index contributed by atoms with van der Waals surface area (Å²) in [7, 11) is 0. The lowest BCUT2D eigenvalue weighted by Crippen LogP contribution is -2.10. The van der Waals surface area contributed by atoms with Crippen LogP contribution in [0.1, 0.15) is 48.7 Å². The summed E-state index contributed by atoms with van der Waals surface area (Å²) >= 11 is 1.79. The Bertz CT molecular complexity index is 2020. The highest BCUT2D eigenvalue weighted by atomic mass is 32.2. The Morgan fingerprint density at radius 1 is 0.932 bits per heavy atom. The molecule has 1 heterocycles. The van der Waals surface area contributed by atoms with Gasteiger partial charge in [0.2, 0.25) is 0 Å². The minimum absolute atomic E-state index is 0.0846. The molecule has 0 saturated heterocycles. The lowest BCUT2D eigenvalue weighted by atomic mass is 9.94. The molecule has 0 aliphatic heterocycles. The van der Waals surface area contributed by atoms with Crippen molar-refractivity contribution in [1.82, 2.24) is 4.57 Å². The van der Waals surface area contributed by atoms with E-state index >= 15 is 0 Å². The Balaban J connectivity index is 1.51. The molecule has 0 amide bonds. The SMILES string of the molecule is CCOc1ccc2ccccc2c1C(=O)c1ccc2c(c1)c1cc(/C(=N\OC(C)=O)C3=CCC(SC)C=C3)ccc1n2CC. The molecule has 0 N–H and O–H groups in total. The number of benzene rings is 4. The van der Waals surface area contributed by atoms with E-state index in [1.807, 2.05) is 73.7 Å². The number of aromatic nitrogens is 1. The van der Waals surface area contributed by atoms with Crippen LogP contribution in [0.5, 0.6) is 5.75 Å². The van der Waals surface area contributed by atoms with Gasteiger partial charge >= 0.3 is 5.97 Å². The topological polar surface area (TPSA) is 69.9 Å². The van der Waals surface area contributed by atoms with Crippen molar-refractivity contribution >= 4 is 61.8 Å². The molecule has 1 aliphatic rings. The molecule has 0 saturated carbocycles. The van der Waals surface area contributed by atoms with Gasteiger partial charge in [0, 0.05) is 51.7 Å². The molecule has 0 fully saturated rings. The maximum atomic E-state index is 14.2. The second-order valence-electron chi connectivity index (χ2n) is 10.7. The van der Waals surface area contributed by atoms with Crippen LogP contribution in [0, 0.1) is 0 Å². The Morgan fingerprint density at radius 2 is 1.66 bits per heavy atom. The van der Waals surface area contributed by atoms with E-state index in [9.17, 15) is 9.59 Å². The highest BCUT2D eigenvalue weighted by molar-refractivity contribution is 7.99. The molecule has 0 radical (unpaired) electrons. The predicted molar refractivity (Wildman–Crippen MR) is 181 cm³/mol. The third-order valence-corrected chi connectivity index (χ3v) is 8.99. The molecule has 0 bridgehead atoms. The highest BCUT2D eigenvalue weighted by Crippen LogP contribution is 2.35. The molecule has 222 valence electrons. The van der Waals surface area contributed by atoms with Gasteiger partial charge in [0.05, 0.1) is 12.2 Å². The van der Waals surface area contributed by atoms with Gasteiger partial charge in [0.1, 0.15) is 11.5 Å². The number of hydrogen-bond donors (Lipinski definition) is 0. The molecule has 1 aromatic heterocycles. The molecule has 1 aliphatic carbocycles. The van der Waals surface area contributed by atoms with Gasteiger partial charge in [-0.15, -0.1) is 0 Å². The van der Waals surface area contributed by atoms with Crippen LogP contribution in [0.15, 0.2) is 102 Å². The Hall–Kier alpha value is -4.62. The fraction of sp³-hybridized carbons (Fsp3) is 0.216. The number of carbonyl (C=O) groups is 2. The van der Waals surface area contributed by atoms with Crippen LogP contribution in [0.25, 0.3) is 32.6 Å². The minimum atomic E-state index is -0.475. The normalized spacial score (nSPS) is 15.1. The van der Waals surface area contributed by atoms with Crippen molar-refractivity contribution in [3.05, 3.63) is 113 Å². The summed E-state index contributed by atoms with van der Waals surface area (Å²) in [6, 6.07) is 23.9. The van der Waals surface area contributed by atoms with E-state index in [1.165, 1.54) is 6.92 Å². The Labute approximate surface area is 261 Å². The van der Waals surface area contributed by atoms with Crippen LogP contribution < -0.4 is 4.74 Å². The summed E-state index contributed by atoms with van der Waals surface area (Å²) in [5.41, 5.74) is 5.59. The first-order valence-corrected chi connectivity index (χ1v) is 16.1. The fourth-order valence-corrected chi connectivity index (χ4v) is 6.50. The number of carbonyl (C=O) groups excluding carboxylic acids is 2. The van der Waals surface area contributed by atoms with Crippen LogP contribution >= 0.6 is 11.8 Å². The monoisotopic (exact) mass is 602 g/mol. The molecule has 1 unspecified atom stereocenters. The number of fused-ring (bicyclic) bond motifs is 4. The molecule has 7 heteroatoms. The standard InChI is InChI=1S/C37H34N2O4S/c1-5-39-32-18-13-26(36(38-43-23(3)40)25-11-16-28(44-4)17-12-25)21-30(32)31-22-27(14-19-33(31)39)37(41)35-29-10-8-7-9-24(29)15-20-34(35)42-6-2/h7-16,18-22,28H,5-6,17H2,1-4H3/b38-36-. The number of oxime groups is 1. The fourth-order valence-electron chi connectivity index (χ4n) is 5.97. The number of nitrogens with zero attached hydrogens (tertiary/aromatic N) is 2. The zero-order valence-electron chi connectivity index (χ0n) is 25.3. The molecule has 4 aromatic carbocycles. The van der Waals surface area contributed by atoms with Crippen molar-refractivity contribution in [3.63, 3.8) is 0 Å². The highest BCUT2D eigenvalue weighted by Gasteiger charge is 2.21. The molecule has 0 spiro atoms. The van der Waals surface area contributed by atoms with Crippen LogP contribution in [0.2, 0.25) is 0 Å². The summed E-state index contributed by atoms with van der Waals surface area (Å²) in [4.78, 5) is 31.1. The van der Waals surface area contributed by atoms with E-state index in [2.05, 4.69) is 47.2 Å². The number of aryl methyl sites for hydroxylation is 1. The summed E-state index contributed by atoms with van der Waals surface area (Å²) in [5.74, 6) is 0.0219. The Kier molecular flexibility index (Phi) is 8.40. The summed E-state index contributed by atoms with van der Waals surface area (Å²) in [6.07, 6.45) is 9.30. The summed E-state index contributed by atoms with van der Waals surface area (Å²) < 4.78 is 8.18. The van der Waals surface area contributed by atoms with Crippen molar-refractivity contribution in [2.24, 2.45) is 5.16 Å². The molecule has 6 rings (SSSR count). The molecule has 6 nitrogen and oxygen atoms in total. The van der Waals surface area contributed by atoms with Crippen LogP contribution in [-0.2, 0) is 16.2 Å². The summed E-state index contributed by atoms with van der Waals surface area (Å²) in [6.45, 7) is 6.61. The van der Waals surface area contributed by atoms with Crippen molar-refractivity contribution in [2.75, 3.05) is 12.9 Å². The molecule has 1 atom stereocenters. The van der Waals surface area contributed by atoms with E-state index < -0.39 is 5.97 Å². The minimum Gasteiger partial charge on any atom is -0.493 e. The van der Waals surface area contributed by atoms with Crippen molar-refractivity contribution in [3.8, 4) is 5.75 Å². The number of rotatable bonds is 9. The third kappa shape index (κ3) is 5.44. The number of ether oxygens (including phenoxy) is 1. The zero-order chi connectivity index (χ0) is 30.8. The average molecular weight is 603 g/mol. The van der Waals surface area contributed by atoms with Gasteiger partial charge in [0.25, 0.3) is 0 Å². The lowest BCUT2D eigenvalue weighted by Gasteiger charge is -2.15. The third-order valence-electron chi connectivity index (χ3n) is 8.04. The number of allylic oxidation sites excluding steroid dienone is 3. The zero-order valence-corrected chi connectivity index (χ0v) is 26.1. The van der Waals surface area contributed by atoms with E-state index in [-0.39, 0.29) is 5.78 Å². The van der Waals surface area contributed by atoms with Crippen molar-refractivity contribution < 1.29 is 19.2 Å². The van der Waals surface area contributed by atoms with E-state index in [0.717, 1.165) is 56.7 Å². The van der Waals surface area contributed by atoms with E-state index in [0.29, 0.717) is 34.4 Å². The van der Waals surface area contributed by atoms with Crippen molar-refractivity contribution in [1.29, 1.82) is 0 Å². The smallest absolute Gasteiger partial charge is 0.332 e. The van der Waals surface area contributed by atoms with Gasteiger partial charge in [-0.3, -0.25) is 4.79 Å². The van der Waals surface area contributed by atoms with Gasteiger partial charge < -0.3 is 14.1 Å². The molecule has 44 heavy (non-hydrogen) atoms. The first-order chi connectivity index (χ1) is 21.4. The predicted octanol–water partition coefficient (Wildman–Crippen LogP) is 8.48. The number of hydrogen-bond acceptors (Lipinski definition) is 6. The number of ketones is 1. The Morgan fingerprint density at radius 3 is 2.32 bits per heavy atom. The van der Waals surface area contributed by atoms with Crippen molar-refractivity contribution in [2.45, 2.75) is 39.0 Å². The second-order valence-corrected chi connectivity index (χ2v) is 11.8. The first kappa shape index (κ1) is 29.5. The average Bonchev–Trinajstić information content (AvgIpc) is 3.37. The summed E-state index contributed by atoms with van der Waals surface area (Å²) in [5, 5.41) is 8.51. The van der Waals surface area contributed by atoms with E-state index in [4.69, 9.17) is 9.57 Å². The van der Waals surface area contributed by atoms with Gasteiger partial charge in [-0.05, 0) is 79.3 Å². The van der Waals surface area contributed by atoms with Crippen LogP contribution in [-0.4, -0.2) is 40.1 Å². The van der Waals surface area contributed by atoms with E-state index in [1.54, 1.807) is 11.8 Å². The number of thioether (sulfide) groups is 1. The lowest BCUT2D eigenvalue weighted by molar-refractivity contribution is -0.140. The molecular formula is C37H34N2O4S. The molecule has 5 aromatic rings. The van der Waals surface area contributed by atoms with Gasteiger partial charge in [-0.25, -0.2) is 4.79 Å². The first-order valence-electron chi connectivity index (χ1n) is 14.9. The van der Waals surface area contributed by atoms with Crippen LogP contribution in [0.3, 0.4) is 0 Å². The quantitative estimate of drug-likeness (QED) is 0.0732. The second kappa shape index (κ2) is 12.5. The van der Waals surface area contributed by atoms with Gasteiger partial charge in [-0.2, -0.15) is 11.8 Å². The molecular weight excluding hydrogens is 568 g/mol. The maximum absolute atomic E-state index is 14.2.